The zero-order valence-electron chi connectivity index (χ0n) is 17.9. The Bertz CT molecular complexity index is 1260. The second-order valence-electron chi connectivity index (χ2n) is 7.50. The molecule has 3 aromatic rings. The predicted octanol–water partition coefficient (Wildman–Crippen LogP) is 2.70. The Morgan fingerprint density at radius 3 is 2.69 bits per heavy atom. The van der Waals surface area contributed by atoms with E-state index in [9.17, 15) is 14.9 Å². The summed E-state index contributed by atoms with van der Waals surface area (Å²) < 4.78 is 8.28. The molecule has 0 amide bonds. The highest BCUT2D eigenvalue weighted by molar-refractivity contribution is 5.99. The number of nitro benzene ring substituents is 1. The summed E-state index contributed by atoms with van der Waals surface area (Å²) in [5.41, 5.74) is 2.84. The van der Waals surface area contributed by atoms with Crippen molar-refractivity contribution >= 4 is 11.4 Å². The molecule has 0 bridgehead atoms. The number of benzene rings is 2. The second kappa shape index (κ2) is 8.61. The minimum Gasteiger partial charge on any atom is -0.482 e. The zero-order valence-corrected chi connectivity index (χ0v) is 17.9. The summed E-state index contributed by atoms with van der Waals surface area (Å²) in [7, 11) is 2.93. The molecule has 0 radical (unpaired) electrons. The number of aromatic nitrogens is 4. The zero-order chi connectivity index (χ0) is 22.8. The normalized spacial score (nSPS) is 13.8. The van der Waals surface area contributed by atoms with E-state index in [1.165, 1.54) is 31.0 Å². The summed E-state index contributed by atoms with van der Waals surface area (Å²) >= 11 is 0. The van der Waals surface area contributed by atoms with Crippen LogP contribution in [0.5, 0.6) is 5.75 Å². The molecule has 1 aliphatic carbocycles. The van der Waals surface area contributed by atoms with E-state index in [1.54, 1.807) is 19.1 Å². The first kappa shape index (κ1) is 21.2. The second-order valence-corrected chi connectivity index (χ2v) is 7.50. The van der Waals surface area contributed by atoms with E-state index in [0.717, 1.165) is 28.7 Å². The van der Waals surface area contributed by atoms with E-state index in [0.29, 0.717) is 22.9 Å². The van der Waals surface area contributed by atoms with Gasteiger partial charge < -0.3 is 9.57 Å². The molecular weight excluding hydrogens is 416 g/mol. The van der Waals surface area contributed by atoms with Crippen molar-refractivity contribution in [1.29, 1.82) is 0 Å². The lowest BCUT2D eigenvalue weighted by molar-refractivity contribution is -0.386. The van der Waals surface area contributed by atoms with Crippen molar-refractivity contribution < 1.29 is 14.5 Å². The van der Waals surface area contributed by atoms with Crippen LogP contribution in [-0.2, 0) is 18.5 Å². The topological polar surface area (TPSA) is 127 Å². The molecule has 11 heteroatoms. The van der Waals surface area contributed by atoms with E-state index >= 15 is 0 Å². The van der Waals surface area contributed by atoms with Crippen molar-refractivity contribution in [2.75, 3.05) is 7.11 Å². The highest BCUT2D eigenvalue weighted by Gasteiger charge is 2.29. The Morgan fingerprint density at radius 2 is 2.06 bits per heavy atom. The van der Waals surface area contributed by atoms with Crippen molar-refractivity contribution in [1.82, 2.24) is 19.8 Å². The van der Waals surface area contributed by atoms with Gasteiger partial charge >= 0.3 is 11.4 Å². The van der Waals surface area contributed by atoms with Crippen molar-refractivity contribution in [2.24, 2.45) is 12.2 Å². The van der Waals surface area contributed by atoms with Gasteiger partial charge in [-0.15, -0.1) is 0 Å². The third-order valence-corrected chi connectivity index (χ3v) is 5.33. The quantitative estimate of drug-likeness (QED) is 0.301. The minimum absolute atomic E-state index is 0.0380. The first-order chi connectivity index (χ1) is 15.4. The van der Waals surface area contributed by atoms with E-state index < -0.39 is 4.92 Å². The average Bonchev–Trinajstić information content (AvgIpc) is 3.57. The van der Waals surface area contributed by atoms with Crippen LogP contribution in [0, 0.1) is 10.1 Å². The number of tetrazole rings is 1. The van der Waals surface area contributed by atoms with Gasteiger partial charge in [-0.2, -0.15) is 9.36 Å². The van der Waals surface area contributed by atoms with Gasteiger partial charge in [0.1, 0.15) is 13.7 Å². The summed E-state index contributed by atoms with van der Waals surface area (Å²) in [6.07, 6.45) is 2.08. The smallest absolute Gasteiger partial charge is 0.368 e. The molecule has 1 heterocycles. The van der Waals surface area contributed by atoms with E-state index in [-0.39, 0.29) is 23.7 Å². The monoisotopic (exact) mass is 438 g/mol. The Hall–Kier alpha value is -4.02. The van der Waals surface area contributed by atoms with Gasteiger partial charge in [-0.25, -0.2) is 4.79 Å². The van der Waals surface area contributed by atoms with Crippen LogP contribution >= 0.6 is 0 Å². The maximum absolute atomic E-state index is 12.4. The number of nitrogens with zero attached hydrogens (tertiary/aromatic N) is 6. The maximum Gasteiger partial charge on any atom is 0.368 e. The summed E-state index contributed by atoms with van der Waals surface area (Å²) in [4.78, 5) is 28.4. The van der Waals surface area contributed by atoms with Crippen molar-refractivity contribution in [3.8, 4) is 11.4 Å². The molecule has 0 unspecified atom stereocenters. The van der Waals surface area contributed by atoms with Crippen molar-refractivity contribution in [2.45, 2.75) is 32.3 Å². The number of nitro groups is 1. The molecule has 0 saturated heterocycles. The molecule has 166 valence electrons. The average molecular weight is 438 g/mol. The number of ether oxygens (including phenoxy) is 1. The molecule has 2 aromatic carbocycles. The molecule has 1 saturated carbocycles. The lowest BCUT2D eigenvalue weighted by Gasteiger charge is -2.15. The summed E-state index contributed by atoms with van der Waals surface area (Å²) in [5.74, 6) is 0.484. The molecule has 32 heavy (non-hydrogen) atoms. The number of hydrogen-bond donors (Lipinski definition) is 0. The van der Waals surface area contributed by atoms with Gasteiger partial charge in [0.15, 0.2) is 5.75 Å². The molecule has 1 fully saturated rings. The van der Waals surface area contributed by atoms with Gasteiger partial charge in [0, 0.05) is 24.2 Å². The molecule has 0 aliphatic heterocycles. The van der Waals surface area contributed by atoms with Crippen LogP contribution in [0.4, 0.5) is 5.69 Å². The molecule has 0 atom stereocenters. The Kier molecular flexibility index (Phi) is 5.71. The predicted molar refractivity (Wildman–Crippen MR) is 115 cm³/mol. The first-order valence-corrected chi connectivity index (χ1v) is 10.0. The van der Waals surface area contributed by atoms with Crippen LogP contribution < -0.4 is 10.4 Å². The fraction of sp³-hybridized carbons (Fsp3) is 0.333. The largest absolute Gasteiger partial charge is 0.482 e. The van der Waals surface area contributed by atoms with Crippen LogP contribution in [0.25, 0.3) is 5.69 Å². The molecule has 11 nitrogen and oxygen atoms in total. The fourth-order valence-electron chi connectivity index (χ4n) is 3.54. The highest BCUT2D eigenvalue weighted by Crippen LogP contribution is 2.43. The van der Waals surface area contributed by atoms with E-state index in [1.807, 2.05) is 12.1 Å². The minimum atomic E-state index is -0.500. The third-order valence-electron chi connectivity index (χ3n) is 5.33. The maximum atomic E-state index is 12.4. The Labute approximate surface area is 183 Å². The molecule has 0 N–H and O–H groups in total. The SMILES string of the molecule is CO/N=C(\C)c1ccc(OCc2c(C3CC3)cccc2-n2nnn(C)c2=O)c([N+](=O)[O-])c1. The summed E-state index contributed by atoms with van der Waals surface area (Å²) in [5, 5.41) is 23.2. The van der Waals surface area contributed by atoms with Gasteiger partial charge in [-0.1, -0.05) is 17.3 Å². The van der Waals surface area contributed by atoms with Gasteiger partial charge in [-0.05, 0) is 59.9 Å². The van der Waals surface area contributed by atoms with Gasteiger partial charge in [-0.3, -0.25) is 10.1 Å². The number of oxime groups is 1. The number of hydrogen-bond acceptors (Lipinski definition) is 8. The Morgan fingerprint density at radius 1 is 1.28 bits per heavy atom. The summed E-state index contributed by atoms with van der Waals surface area (Å²) in [6, 6.07) is 10.2. The van der Waals surface area contributed by atoms with Gasteiger partial charge in [0.25, 0.3) is 0 Å². The highest BCUT2D eigenvalue weighted by atomic mass is 16.6. The van der Waals surface area contributed by atoms with Crippen LogP contribution in [-0.4, -0.2) is 37.5 Å². The first-order valence-electron chi connectivity index (χ1n) is 10.0. The lowest BCUT2D eigenvalue weighted by atomic mass is 10.0. The van der Waals surface area contributed by atoms with Gasteiger partial charge in [0.2, 0.25) is 0 Å². The van der Waals surface area contributed by atoms with Crippen LogP contribution in [0.1, 0.15) is 42.4 Å². The van der Waals surface area contributed by atoms with E-state index in [2.05, 4.69) is 15.6 Å². The van der Waals surface area contributed by atoms with Crippen LogP contribution in [0.15, 0.2) is 46.3 Å². The summed E-state index contributed by atoms with van der Waals surface area (Å²) in [6.45, 7) is 1.73. The van der Waals surface area contributed by atoms with E-state index in [4.69, 9.17) is 9.57 Å². The molecular formula is C21H22N6O5. The number of aryl methyl sites for hydroxylation is 1. The molecule has 1 aliphatic rings. The van der Waals surface area contributed by atoms with Crippen molar-refractivity contribution in [3.63, 3.8) is 0 Å². The standard InChI is InChI=1S/C21H22N6O5/c1-13(22-31-3)15-9-10-20(19(11-15)27(29)30)32-12-17-16(14-7-8-14)5-4-6-18(17)26-21(28)25(2)23-24-26/h4-6,9-11,14H,7-8,12H2,1-3H3/b22-13+. The van der Waals surface area contributed by atoms with Crippen molar-refractivity contribution in [3.05, 3.63) is 73.7 Å². The number of rotatable bonds is 8. The third kappa shape index (κ3) is 4.09. The van der Waals surface area contributed by atoms with Crippen LogP contribution in [0.3, 0.4) is 0 Å². The fourth-order valence-corrected chi connectivity index (χ4v) is 3.54. The Balaban J connectivity index is 1.71. The van der Waals surface area contributed by atoms with Crippen LogP contribution in [0.2, 0.25) is 0 Å². The molecule has 1 aromatic heterocycles. The molecule has 0 spiro atoms. The van der Waals surface area contributed by atoms with Gasteiger partial charge in [0.05, 0.1) is 16.3 Å². The lowest BCUT2D eigenvalue weighted by Crippen LogP contribution is -2.23. The molecule has 4 rings (SSSR count).